The zero-order valence-electron chi connectivity index (χ0n) is 12.6. The molecule has 1 atom stereocenters. The molecule has 1 heterocycles. The Labute approximate surface area is 116 Å². The van der Waals surface area contributed by atoms with Gasteiger partial charge in [-0.2, -0.15) is 0 Å². The first-order valence-corrected chi connectivity index (χ1v) is 7.21. The monoisotopic (exact) mass is 262 g/mol. The third-order valence-electron chi connectivity index (χ3n) is 3.77. The molecule has 1 aromatic rings. The summed E-state index contributed by atoms with van der Waals surface area (Å²) in [5.41, 5.74) is 4.03. The molecule has 106 valence electrons. The van der Waals surface area contributed by atoms with E-state index < -0.39 is 0 Å². The molecule has 0 bridgehead atoms. The van der Waals surface area contributed by atoms with Gasteiger partial charge < -0.3 is 15.0 Å². The summed E-state index contributed by atoms with van der Waals surface area (Å²) in [7, 11) is 2.18. The minimum absolute atomic E-state index is 0.508. The van der Waals surface area contributed by atoms with E-state index in [9.17, 15) is 0 Å². The number of likely N-dealkylation sites (N-methyl/N-ethyl adjacent to an activating group) is 1. The lowest BCUT2D eigenvalue weighted by molar-refractivity contribution is 0.193. The van der Waals surface area contributed by atoms with Gasteiger partial charge >= 0.3 is 0 Å². The lowest BCUT2D eigenvalue weighted by Gasteiger charge is -2.28. The number of nitrogens with zero attached hydrogens (tertiary/aromatic N) is 1. The molecular weight excluding hydrogens is 236 g/mol. The van der Waals surface area contributed by atoms with E-state index in [0.29, 0.717) is 12.1 Å². The molecule has 0 aliphatic carbocycles. The SMILES string of the molecule is Cc1ccc(N(C)C2CCOC2)c(CNC(C)C)c1. The standard InChI is InChI=1S/C16H26N2O/c1-12(2)17-10-14-9-13(3)5-6-16(14)18(4)15-7-8-19-11-15/h5-6,9,12,15,17H,7-8,10-11H2,1-4H3. The van der Waals surface area contributed by atoms with Crippen LogP contribution in [0.1, 0.15) is 31.4 Å². The summed E-state index contributed by atoms with van der Waals surface area (Å²) in [4.78, 5) is 2.38. The molecule has 0 saturated carbocycles. The summed E-state index contributed by atoms with van der Waals surface area (Å²) in [6.07, 6.45) is 1.13. The maximum absolute atomic E-state index is 5.50. The summed E-state index contributed by atoms with van der Waals surface area (Å²) < 4.78 is 5.50. The smallest absolute Gasteiger partial charge is 0.0670 e. The Bertz CT molecular complexity index is 411. The molecule has 3 heteroatoms. The van der Waals surface area contributed by atoms with Crippen LogP contribution in [0.3, 0.4) is 0 Å². The van der Waals surface area contributed by atoms with Gasteiger partial charge in [-0.3, -0.25) is 0 Å². The van der Waals surface area contributed by atoms with Crippen molar-refractivity contribution in [3.8, 4) is 0 Å². The van der Waals surface area contributed by atoms with Gasteiger partial charge in [-0.1, -0.05) is 31.5 Å². The number of benzene rings is 1. The molecule has 1 aliphatic heterocycles. The highest BCUT2D eigenvalue weighted by Crippen LogP contribution is 2.25. The first-order valence-electron chi connectivity index (χ1n) is 7.21. The molecular formula is C16H26N2O. The predicted octanol–water partition coefficient (Wildman–Crippen LogP) is 2.72. The van der Waals surface area contributed by atoms with Crippen LogP contribution in [0.4, 0.5) is 5.69 Å². The topological polar surface area (TPSA) is 24.5 Å². The molecule has 0 aromatic heterocycles. The summed E-state index contributed by atoms with van der Waals surface area (Å²) in [6.45, 7) is 9.18. The van der Waals surface area contributed by atoms with Gasteiger partial charge in [0.25, 0.3) is 0 Å². The van der Waals surface area contributed by atoms with Gasteiger partial charge in [0.2, 0.25) is 0 Å². The maximum atomic E-state index is 5.50. The van der Waals surface area contributed by atoms with Crippen molar-refractivity contribution < 1.29 is 4.74 Å². The minimum Gasteiger partial charge on any atom is -0.379 e. The Balaban J connectivity index is 2.17. The number of hydrogen-bond donors (Lipinski definition) is 1. The molecule has 1 saturated heterocycles. The van der Waals surface area contributed by atoms with Crippen molar-refractivity contribution in [3.05, 3.63) is 29.3 Å². The third-order valence-corrected chi connectivity index (χ3v) is 3.77. The van der Waals surface area contributed by atoms with Gasteiger partial charge in [0.15, 0.2) is 0 Å². The van der Waals surface area contributed by atoms with Crippen LogP contribution in [0.25, 0.3) is 0 Å². The van der Waals surface area contributed by atoms with Gasteiger partial charge in [0.05, 0.1) is 12.6 Å². The zero-order valence-corrected chi connectivity index (χ0v) is 12.6. The van der Waals surface area contributed by atoms with Crippen LogP contribution in [0, 0.1) is 6.92 Å². The van der Waals surface area contributed by atoms with Gasteiger partial charge in [0, 0.05) is 31.9 Å². The van der Waals surface area contributed by atoms with Crippen LogP contribution in [-0.2, 0) is 11.3 Å². The van der Waals surface area contributed by atoms with Gasteiger partial charge in [-0.25, -0.2) is 0 Å². The normalized spacial score (nSPS) is 19.1. The third kappa shape index (κ3) is 3.71. The number of rotatable bonds is 5. The van der Waals surface area contributed by atoms with Crippen molar-refractivity contribution in [2.75, 3.05) is 25.2 Å². The molecule has 1 unspecified atom stereocenters. The maximum Gasteiger partial charge on any atom is 0.0670 e. The summed E-state index contributed by atoms with van der Waals surface area (Å²) >= 11 is 0. The molecule has 2 rings (SSSR count). The van der Waals surface area contributed by atoms with E-state index in [-0.39, 0.29) is 0 Å². The number of nitrogens with one attached hydrogen (secondary N) is 1. The van der Waals surface area contributed by atoms with E-state index >= 15 is 0 Å². The molecule has 0 amide bonds. The van der Waals surface area contributed by atoms with E-state index in [1.165, 1.54) is 16.8 Å². The van der Waals surface area contributed by atoms with E-state index in [0.717, 1.165) is 26.2 Å². The molecule has 0 spiro atoms. The quantitative estimate of drug-likeness (QED) is 0.883. The second-order valence-corrected chi connectivity index (χ2v) is 5.80. The largest absolute Gasteiger partial charge is 0.379 e. The number of ether oxygens (including phenoxy) is 1. The molecule has 3 nitrogen and oxygen atoms in total. The molecule has 0 radical (unpaired) electrons. The second-order valence-electron chi connectivity index (χ2n) is 5.80. The van der Waals surface area contributed by atoms with Crippen molar-refractivity contribution in [1.82, 2.24) is 5.32 Å². The van der Waals surface area contributed by atoms with Crippen LogP contribution < -0.4 is 10.2 Å². The van der Waals surface area contributed by atoms with Crippen LogP contribution >= 0.6 is 0 Å². The fraction of sp³-hybridized carbons (Fsp3) is 0.625. The second kappa shape index (κ2) is 6.40. The lowest BCUT2D eigenvalue weighted by Crippen LogP contribution is -2.33. The van der Waals surface area contributed by atoms with E-state index in [2.05, 4.69) is 56.2 Å². The van der Waals surface area contributed by atoms with Gasteiger partial charge in [0.1, 0.15) is 0 Å². The van der Waals surface area contributed by atoms with Gasteiger partial charge in [-0.15, -0.1) is 0 Å². The van der Waals surface area contributed by atoms with E-state index in [4.69, 9.17) is 4.74 Å². The Morgan fingerprint density at radius 2 is 2.21 bits per heavy atom. The molecule has 19 heavy (non-hydrogen) atoms. The highest BCUT2D eigenvalue weighted by molar-refractivity contribution is 5.55. The lowest BCUT2D eigenvalue weighted by atomic mass is 10.1. The Hall–Kier alpha value is -1.06. The van der Waals surface area contributed by atoms with E-state index in [1.807, 2.05) is 0 Å². The van der Waals surface area contributed by atoms with Crippen LogP contribution in [0.15, 0.2) is 18.2 Å². The van der Waals surface area contributed by atoms with Crippen molar-refractivity contribution in [2.45, 2.75) is 45.8 Å². The summed E-state index contributed by atoms with van der Waals surface area (Å²) in [5.74, 6) is 0. The fourth-order valence-corrected chi connectivity index (χ4v) is 2.54. The predicted molar refractivity (Wildman–Crippen MR) is 80.8 cm³/mol. The first kappa shape index (κ1) is 14.4. The Kier molecular flexibility index (Phi) is 4.83. The first-order chi connectivity index (χ1) is 9.08. The van der Waals surface area contributed by atoms with Crippen molar-refractivity contribution in [3.63, 3.8) is 0 Å². The number of anilines is 1. The Morgan fingerprint density at radius 1 is 1.42 bits per heavy atom. The molecule has 1 aromatic carbocycles. The molecule has 1 N–H and O–H groups in total. The minimum atomic E-state index is 0.508. The summed E-state index contributed by atoms with van der Waals surface area (Å²) in [5, 5.41) is 3.52. The van der Waals surface area contributed by atoms with Crippen molar-refractivity contribution >= 4 is 5.69 Å². The summed E-state index contributed by atoms with van der Waals surface area (Å²) in [6, 6.07) is 7.75. The zero-order chi connectivity index (χ0) is 13.8. The highest BCUT2D eigenvalue weighted by Gasteiger charge is 2.22. The number of aryl methyl sites for hydroxylation is 1. The number of hydrogen-bond acceptors (Lipinski definition) is 3. The van der Waals surface area contributed by atoms with Crippen LogP contribution in [0.2, 0.25) is 0 Å². The van der Waals surface area contributed by atoms with Gasteiger partial charge in [-0.05, 0) is 25.0 Å². The average molecular weight is 262 g/mol. The highest BCUT2D eigenvalue weighted by atomic mass is 16.5. The van der Waals surface area contributed by atoms with Crippen molar-refractivity contribution in [2.24, 2.45) is 0 Å². The average Bonchev–Trinajstić information content (AvgIpc) is 2.89. The van der Waals surface area contributed by atoms with Crippen LogP contribution in [-0.4, -0.2) is 32.3 Å². The van der Waals surface area contributed by atoms with Crippen molar-refractivity contribution in [1.29, 1.82) is 0 Å². The fourth-order valence-electron chi connectivity index (χ4n) is 2.54. The van der Waals surface area contributed by atoms with E-state index in [1.54, 1.807) is 0 Å². The molecule has 1 aliphatic rings. The Morgan fingerprint density at radius 3 is 2.84 bits per heavy atom. The molecule has 1 fully saturated rings. The van der Waals surface area contributed by atoms with Crippen LogP contribution in [0.5, 0.6) is 0 Å².